The van der Waals surface area contributed by atoms with Crippen LogP contribution in [0.4, 0.5) is 0 Å². The van der Waals surface area contributed by atoms with Gasteiger partial charge in [-0.2, -0.15) is 0 Å². The molecule has 10 heteroatoms. The Morgan fingerprint density at radius 2 is 1.88 bits per heavy atom. The molecule has 3 aliphatic heterocycles. The summed E-state index contributed by atoms with van der Waals surface area (Å²) in [5.74, 6) is 2.71. The first-order valence-electron chi connectivity index (χ1n) is 12.2. The highest BCUT2D eigenvalue weighted by Gasteiger charge is 2.33. The first-order valence-corrected chi connectivity index (χ1v) is 12.2. The number of fused-ring (bicyclic) bond motifs is 2. The lowest BCUT2D eigenvalue weighted by molar-refractivity contribution is 0.0894. The monoisotopic (exact) mass is 466 g/mol. The van der Waals surface area contributed by atoms with E-state index in [9.17, 15) is 4.79 Å². The van der Waals surface area contributed by atoms with Gasteiger partial charge in [-0.25, -0.2) is 4.68 Å². The number of piperidine rings is 1. The van der Waals surface area contributed by atoms with E-state index in [1.165, 1.54) is 0 Å². The lowest BCUT2D eigenvalue weighted by Crippen LogP contribution is -2.40. The maximum atomic E-state index is 13.4. The summed E-state index contributed by atoms with van der Waals surface area (Å²) in [6.07, 6.45) is 4.30. The number of aromatic amines is 1. The Morgan fingerprint density at radius 1 is 1.09 bits per heavy atom. The fraction of sp³-hybridized carbons (Fsp3) is 0.583. The molecule has 0 unspecified atom stereocenters. The van der Waals surface area contributed by atoms with Crippen LogP contribution in [0, 0.1) is 5.92 Å². The van der Waals surface area contributed by atoms with Gasteiger partial charge in [-0.05, 0) is 67.3 Å². The van der Waals surface area contributed by atoms with Crippen LogP contribution in [0.1, 0.15) is 50.0 Å². The van der Waals surface area contributed by atoms with Crippen molar-refractivity contribution >= 4 is 10.9 Å². The van der Waals surface area contributed by atoms with Gasteiger partial charge in [-0.15, -0.1) is 5.10 Å². The molecular formula is C24H30N6O4. The third-order valence-electron chi connectivity index (χ3n) is 7.22. The summed E-state index contributed by atoms with van der Waals surface area (Å²) in [7, 11) is 0. The molecule has 2 saturated heterocycles. The van der Waals surface area contributed by atoms with Crippen molar-refractivity contribution in [2.45, 2.75) is 51.3 Å². The number of pyridine rings is 1. The van der Waals surface area contributed by atoms with E-state index < -0.39 is 0 Å². The molecule has 0 radical (unpaired) electrons. The molecule has 0 amide bonds. The molecule has 3 aromatic rings. The SMILES string of the molecule is CC1CCN([C@@H](c2cc3cc4c(cc3[nH]c2=O)OCCO4)c2nnnn2C[C@H]2CCCO2)CC1. The molecule has 2 atom stereocenters. The van der Waals surface area contributed by atoms with Crippen molar-refractivity contribution < 1.29 is 14.2 Å². The van der Waals surface area contributed by atoms with Gasteiger partial charge in [0.15, 0.2) is 17.3 Å². The standard InChI is InChI=1S/C24H30N6O4/c1-15-4-6-29(7-5-15)22(23-26-27-28-30(23)14-17-3-2-8-32-17)18-11-16-12-20-21(34-10-9-33-20)13-19(16)25-24(18)31/h11-13,15,17,22H,2-10,14H2,1H3,(H,25,31)/t17-,22+/m1/s1. The maximum absolute atomic E-state index is 13.4. The Kier molecular flexibility index (Phi) is 5.70. The van der Waals surface area contributed by atoms with Crippen LogP contribution in [-0.4, -0.2) is 69.1 Å². The molecule has 1 aromatic carbocycles. The van der Waals surface area contributed by atoms with Gasteiger partial charge < -0.3 is 19.2 Å². The number of H-pyrrole nitrogens is 1. The number of hydrogen-bond donors (Lipinski definition) is 1. The molecule has 0 spiro atoms. The lowest BCUT2D eigenvalue weighted by Gasteiger charge is -2.36. The van der Waals surface area contributed by atoms with Gasteiger partial charge in [0.05, 0.1) is 18.2 Å². The van der Waals surface area contributed by atoms with E-state index >= 15 is 0 Å². The quantitative estimate of drug-likeness (QED) is 0.610. The zero-order valence-electron chi connectivity index (χ0n) is 19.4. The Morgan fingerprint density at radius 3 is 2.65 bits per heavy atom. The predicted octanol–water partition coefficient (Wildman–Crippen LogP) is 2.29. The van der Waals surface area contributed by atoms with Crippen LogP contribution >= 0.6 is 0 Å². The Bertz CT molecular complexity index is 1230. The van der Waals surface area contributed by atoms with Crippen molar-refractivity contribution in [2.75, 3.05) is 32.9 Å². The maximum Gasteiger partial charge on any atom is 0.253 e. The molecule has 0 aliphatic carbocycles. The minimum absolute atomic E-state index is 0.0998. The summed E-state index contributed by atoms with van der Waals surface area (Å²) in [5.41, 5.74) is 1.23. The summed E-state index contributed by atoms with van der Waals surface area (Å²) >= 11 is 0. The molecule has 10 nitrogen and oxygen atoms in total. The highest BCUT2D eigenvalue weighted by Crippen LogP contribution is 2.36. The topological polar surface area (TPSA) is 107 Å². The van der Waals surface area contributed by atoms with Crippen molar-refractivity contribution in [3.8, 4) is 11.5 Å². The number of rotatable bonds is 5. The molecular weight excluding hydrogens is 436 g/mol. The van der Waals surface area contributed by atoms with Gasteiger partial charge in [-0.1, -0.05) is 6.92 Å². The number of benzene rings is 1. The Hall–Kier alpha value is -2.98. The van der Waals surface area contributed by atoms with E-state index in [0.29, 0.717) is 48.6 Å². The van der Waals surface area contributed by atoms with Gasteiger partial charge in [-0.3, -0.25) is 9.69 Å². The van der Waals surface area contributed by atoms with E-state index in [4.69, 9.17) is 14.2 Å². The van der Waals surface area contributed by atoms with Gasteiger partial charge in [0.2, 0.25) is 0 Å². The largest absolute Gasteiger partial charge is 0.486 e. The minimum atomic E-state index is -0.342. The molecule has 2 aromatic heterocycles. The van der Waals surface area contributed by atoms with Crippen molar-refractivity contribution in [3.63, 3.8) is 0 Å². The van der Waals surface area contributed by atoms with Gasteiger partial charge in [0.25, 0.3) is 5.56 Å². The van der Waals surface area contributed by atoms with Crippen LogP contribution in [0.5, 0.6) is 11.5 Å². The number of ether oxygens (including phenoxy) is 3. The molecule has 2 fully saturated rings. The lowest BCUT2D eigenvalue weighted by atomic mass is 9.95. The van der Waals surface area contributed by atoms with E-state index in [1.807, 2.05) is 22.9 Å². The number of tetrazole rings is 1. The normalized spacial score (nSPS) is 22.3. The summed E-state index contributed by atoms with van der Waals surface area (Å²) in [6.45, 7) is 6.44. The molecule has 1 N–H and O–H groups in total. The van der Waals surface area contributed by atoms with Crippen molar-refractivity contribution in [3.05, 3.63) is 39.9 Å². The smallest absolute Gasteiger partial charge is 0.253 e. The highest BCUT2D eigenvalue weighted by molar-refractivity contribution is 5.83. The number of nitrogens with one attached hydrogen (secondary N) is 1. The molecule has 3 aliphatic rings. The van der Waals surface area contributed by atoms with Crippen LogP contribution in [0.2, 0.25) is 0 Å². The second-order valence-electron chi connectivity index (χ2n) is 9.61. The third-order valence-corrected chi connectivity index (χ3v) is 7.22. The number of nitrogens with zero attached hydrogens (tertiary/aromatic N) is 5. The Labute approximate surface area is 197 Å². The van der Waals surface area contributed by atoms with Crippen LogP contribution < -0.4 is 15.0 Å². The van der Waals surface area contributed by atoms with Gasteiger partial charge >= 0.3 is 0 Å². The fourth-order valence-electron chi connectivity index (χ4n) is 5.27. The van der Waals surface area contributed by atoms with E-state index in [2.05, 4.69) is 32.3 Å². The average Bonchev–Trinajstić information content (AvgIpc) is 3.52. The van der Waals surface area contributed by atoms with Crippen molar-refractivity contribution in [1.82, 2.24) is 30.1 Å². The summed E-state index contributed by atoms with van der Waals surface area (Å²) < 4.78 is 19.1. The van der Waals surface area contributed by atoms with Crippen LogP contribution in [0.3, 0.4) is 0 Å². The summed E-state index contributed by atoms with van der Waals surface area (Å²) in [4.78, 5) is 18.9. The summed E-state index contributed by atoms with van der Waals surface area (Å²) in [5, 5.41) is 13.6. The van der Waals surface area contributed by atoms with Crippen LogP contribution in [0.25, 0.3) is 10.9 Å². The number of hydrogen-bond acceptors (Lipinski definition) is 8. The average molecular weight is 467 g/mol. The van der Waals surface area contributed by atoms with Crippen molar-refractivity contribution in [2.24, 2.45) is 5.92 Å². The molecule has 180 valence electrons. The fourth-order valence-corrected chi connectivity index (χ4v) is 5.27. The van der Waals surface area contributed by atoms with Crippen LogP contribution in [0.15, 0.2) is 23.0 Å². The zero-order valence-corrected chi connectivity index (χ0v) is 19.4. The molecule has 6 rings (SSSR count). The summed E-state index contributed by atoms with van der Waals surface area (Å²) in [6, 6.07) is 5.40. The van der Waals surface area contributed by atoms with Gasteiger partial charge in [0, 0.05) is 23.6 Å². The predicted molar refractivity (Wildman–Crippen MR) is 124 cm³/mol. The van der Waals surface area contributed by atoms with Gasteiger partial charge in [0.1, 0.15) is 19.3 Å². The Balaban J connectivity index is 1.43. The van der Waals surface area contributed by atoms with E-state index in [0.717, 1.165) is 56.3 Å². The van der Waals surface area contributed by atoms with E-state index in [1.54, 1.807) is 0 Å². The molecule has 34 heavy (non-hydrogen) atoms. The molecule has 5 heterocycles. The van der Waals surface area contributed by atoms with Crippen molar-refractivity contribution in [1.29, 1.82) is 0 Å². The molecule has 0 saturated carbocycles. The molecule has 0 bridgehead atoms. The van der Waals surface area contributed by atoms with E-state index in [-0.39, 0.29) is 17.7 Å². The van der Waals surface area contributed by atoms with Crippen LogP contribution in [-0.2, 0) is 11.3 Å². The first-order chi connectivity index (χ1) is 16.7. The third kappa shape index (κ3) is 4.05. The zero-order chi connectivity index (χ0) is 23.1. The number of likely N-dealkylation sites (tertiary alicyclic amines) is 1. The minimum Gasteiger partial charge on any atom is -0.486 e. The second kappa shape index (κ2) is 8.99. The first kappa shape index (κ1) is 21.5. The highest BCUT2D eigenvalue weighted by atomic mass is 16.6. The second-order valence-corrected chi connectivity index (χ2v) is 9.61. The number of aromatic nitrogens is 5.